The molecule has 0 atom stereocenters. The lowest BCUT2D eigenvalue weighted by Crippen LogP contribution is -2.37. The van der Waals surface area contributed by atoms with Crippen molar-refractivity contribution in [1.29, 1.82) is 0 Å². The van der Waals surface area contributed by atoms with Gasteiger partial charge in [0.1, 0.15) is 6.10 Å². The summed E-state index contributed by atoms with van der Waals surface area (Å²) >= 11 is 0. The molecule has 98 valence electrons. The van der Waals surface area contributed by atoms with Gasteiger partial charge in [0, 0.05) is 18.4 Å². The predicted octanol–water partition coefficient (Wildman–Crippen LogP) is 0.773. The fourth-order valence-electron chi connectivity index (χ4n) is 1.48. The third-order valence-electron chi connectivity index (χ3n) is 2.71. The maximum Gasteiger partial charge on any atom is 0.105 e. The van der Waals surface area contributed by atoms with E-state index in [0.717, 1.165) is 11.3 Å². The Balaban J connectivity index is 1.76. The van der Waals surface area contributed by atoms with Crippen LogP contribution in [-0.4, -0.2) is 25.9 Å². The van der Waals surface area contributed by atoms with Crippen molar-refractivity contribution in [1.82, 2.24) is 0 Å². The van der Waals surface area contributed by atoms with E-state index in [9.17, 15) is 0 Å². The van der Waals surface area contributed by atoms with E-state index in [1.807, 2.05) is 24.3 Å². The van der Waals surface area contributed by atoms with E-state index in [0.29, 0.717) is 32.1 Å². The van der Waals surface area contributed by atoms with Gasteiger partial charge in [-0.2, -0.15) is 0 Å². The standard InChI is InChI=1S/C13H19N3O2/c14-5-10-1-3-12(4-2-10)16-6-11(15)7-18-13-8-17-9-13/h1-4,6,13,16H,5,7-9,14-15H2/b11-6-. The number of ether oxygens (including phenoxy) is 2. The average Bonchev–Trinajstić information content (AvgIpc) is 2.35. The molecule has 1 aromatic carbocycles. The van der Waals surface area contributed by atoms with Crippen molar-refractivity contribution >= 4 is 5.69 Å². The van der Waals surface area contributed by atoms with Crippen LogP contribution in [0, 0.1) is 0 Å². The summed E-state index contributed by atoms with van der Waals surface area (Å²) in [6.07, 6.45) is 1.94. The molecule has 0 spiro atoms. The van der Waals surface area contributed by atoms with Crippen LogP contribution in [-0.2, 0) is 16.0 Å². The number of rotatable bonds is 6. The smallest absolute Gasteiger partial charge is 0.105 e. The van der Waals surface area contributed by atoms with Gasteiger partial charge in [-0.3, -0.25) is 0 Å². The Kier molecular flexibility index (Phi) is 4.58. The SMILES string of the molecule is NCc1ccc(N/C=C(\N)COC2COC2)cc1. The minimum Gasteiger partial charge on any atom is -0.399 e. The molecule has 18 heavy (non-hydrogen) atoms. The Morgan fingerprint density at radius 1 is 1.39 bits per heavy atom. The highest BCUT2D eigenvalue weighted by molar-refractivity contribution is 5.47. The molecule has 0 amide bonds. The van der Waals surface area contributed by atoms with Gasteiger partial charge < -0.3 is 26.3 Å². The minimum atomic E-state index is 0.195. The summed E-state index contributed by atoms with van der Waals surface area (Å²) in [5.41, 5.74) is 14.1. The zero-order chi connectivity index (χ0) is 12.8. The van der Waals surface area contributed by atoms with Crippen molar-refractivity contribution in [2.75, 3.05) is 25.1 Å². The minimum absolute atomic E-state index is 0.195. The second-order valence-electron chi connectivity index (χ2n) is 4.24. The van der Waals surface area contributed by atoms with Gasteiger partial charge in [-0.25, -0.2) is 0 Å². The maximum atomic E-state index is 5.82. The lowest BCUT2D eigenvalue weighted by atomic mass is 10.2. The molecule has 0 bridgehead atoms. The monoisotopic (exact) mass is 249 g/mol. The summed E-state index contributed by atoms with van der Waals surface area (Å²) < 4.78 is 10.5. The summed E-state index contributed by atoms with van der Waals surface area (Å²) in [7, 11) is 0. The van der Waals surface area contributed by atoms with E-state index in [1.165, 1.54) is 0 Å². The average molecular weight is 249 g/mol. The van der Waals surface area contributed by atoms with Gasteiger partial charge in [0.15, 0.2) is 0 Å². The predicted molar refractivity (Wildman–Crippen MR) is 70.8 cm³/mol. The first-order chi connectivity index (χ1) is 8.78. The van der Waals surface area contributed by atoms with Crippen molar-refractivity contribution in [2.45, 2.75) is 12.6 Å². The first-order valence-corrected chi connectivity index (χ1v) is 5.97. The van der Waals surface area contributed by atoms with Crippen LogP contribution in [0.25, 0.3) is 0 Å². The number of benzene rings is 1. The molecule has 0 radical (unpaired) electrons. The summed E-state index contributed by atoms with van der Waals surface area (Å²) in [6, 6.07) is 7.89. The molecule has 0 aromatic heterocycles. The van der Waals surface area contributed by atoms with Crippen LogP contribution in [0.5, 0.6) is 0 Å². The maximum absolute atomic E-state index is 5.82. The highest BCUT2D eigenvalue weighted by atomic mass is 16.6. The zero-order valence-corrected chi connectivity index (χ0v) is 10.3. The molecule has 1 aromatic rings. The molecule has 1 heterocycles. The van der Waals surface area contributed by atoms with Crippen LogP contribution in [0.2, 0.25) is 0 Å². The number of hydrogen-bond acceptors (Lipinski definition) is 5. The molecule has 5 heteroatoms. The quantitative estimate of drug-likeness (QED) is 0.693. The molecule has 0 unspecified atom stereocenters. The molecule has 1 aliphatic rings. The van der Waals surface area contributed by atoms with Crippen LogP contribution in [0.1, 0.15) is 5.56 Å². The summed E-state index contributed by atoms with van der Waals surface area (Å²) in [5.74, 6) is 0. The topological polar surface area (TPSA) is 82.5 Å². The third kappa shape index (κ3) is 3.73. The highest BCUT2D eigenvalue weighted by Crippen LogP contribution is 2.10. The lowest BCUT2D eigenvalue weighted by molar-refractivity contribution is -0.124. The molecule has 5 N–H and O–H groups in total. The van der Waals surface area contributed by atoms with Gasteiger partial charge in [0.25, 0.3) is 0 Å². The number of hydrogen-bond donors (Lipinski definition) is 3. The van der Waals surface area contributed by atoms with E-state index in [4.69, 9.17) is 20.9 Å². The van der Waals surface area contributed by atoms with Crippen molar-refractivity contribution in [3.63, 3.8) is 0 Å². The summed E-state index contributed by atoms with van der Waals surface area (Å²) in [4.78, 5) is 0. The van der Waals surface area contributed by atoms with E-state index in [1.54, 1.807) is 6.20 Å². The van der Waals surface area contributed by atoms with Gasteiger partial charge in [-0.05, 0) is 17.7 Å². The van der Waals surface area contributed by atoms with E-state index in [2.05, 4.69) is 5.32 Å². The third-order valence-corrected chi connectivity index (χ3v) is 2.71. The van der Waals surface area contributed by atoms with Crippen LogP contribution in [0.3, 0.4) is 0 Å². The lowest BCUT2D eigenvalue weighted by Gasteiger charge is -2.25. The Hall–Kier alpha value is -1.56. The molecule has 1 fully saturated rings. The second kappa shape index (κ2) is 6.39. The first kappa shape index (κ1) is 12.9. The molecule has 2 rings (SSSR count). The van der Waals surface area contributed by atoms with Gasteiger partial charge in [0.2, 0.25) is 0 Å². The fraction of sp³-hybridized carbons (Fsp3) is 0.385. The Labute approximate surface area is 107 Å². The molecule has 5 nitrogen and oxygen atoms in total. The van der Waals surface area contributed by atoms with Crippen LogP contribution in [0.4, 0.5) is 5.69 Å². The molecule has 1 saturated heterocycles. The zero-order valence-electron chi connectivity index (χ0n) is 10.3. The first-order valence-electron chi connectivity index (χ1n) is 5.97. The highest BCUT2D eigenvalue weighted by Gasteiger charge is 2.18. The van der Waals surface area contributed by atoms with Crippen molar-refractivity contribution < 1.29 is 9.47 Å². The van der Waals surface area contributed by atoms with E-state index in [-0.39, 0.29) is 6.10 Å². The summed E-state index contributed by atoms with van der Waals surface area (Å²) in [5, 5.41) is 3.12. The van der Waals surface area contributed by atoms with Crippen LogP contribution >= 0.6 is 0 Å². The van der Waals surface area contributed by atoms with Gasteiger partial charge in [0.05, 0.1) is 25.5 Å². The number of nitrogens with two attached hydrogens (primary N) is 2. The molecule has 1 aliphatic heterocycles. The second-order valence-corrected chi connectivity index (χ2v) is 4.24. The van der Waals surface area contributed by atoms with Gasteiger partial charge in [-0.1, -0.05) is 12.1 Å². The molecular formula is C13H19N3O2. The number of nitrogens with one attached hydrogen (secondary N) is 1. The summed E-state index contributed by atoms with van der Waals surface area (Å²) in [6.45, 7) is 2.31. The van der Waals surface area contributed by atoms with Crippen molar-refractivity contribution in [3.05, 3.63) is 41.7 Å². The van der Waals surface area contributed by atoms with Crippen LogP contribution < -0.4 is 16.8 Å². The Bertz CT molecular complexity index is 399. The van der Waals surface area contributed by atoms with E-state index >= 15 is 0 Å². The largest absolute Gasteiger partial charge is 0.399 e. The molecule has 0 saturated carbocycles. The Morgan fingerprint density at radius 3 is 2.67 bits per heavy atom. The van der Waals surface area contributed by atoms with Crippen molar-refractivity contribution in [3.8, 4) is 0 Å². The molecular weight excluding hydrogens is 230 g/mol. The fourth-order valence-corrected chi connectivity index (χ4v) is 1.48. The molecule has 0 aliphatic carbocycles. The van der Waals surface area contributed by atoms with E-state index < -0.39 is 0 Å². The van der Waals surface area contributed by atoms with Gasteiger partial charge in [-0.15, -0.1) is 0 Å². The van der Waals surface area contributed by atoms with Gasteiger partial charge >= 0.3 is 0 Å². The normalized spacial score (nSPS) is 16.4. The number of anilines is 1. The Morgan fingerprint density at radius 2 is 2.11 bits per heavy atom. The van der Waals surface area contributed by atoms with Crippen molar-refractivity contribution in [2.24, 2.45) is 11.5 Å². The van der Waals surface area contributed by atoms with Crippen LogP contribution in [0.15, 0.2) is 36.2 Å².